The number of para-hydroxylation sites is 1. The molecular weight excluding hydrogens is 437 g/mol. The highest BCUT2D eigenvalue weighted by Gasteiger charge is 2.60. The second-order valence-corrected chi connectivity index (χ2v) is 10.4. The van der Waals surface area contributed by atoms with Gasteiger partial charge in [-0.2, -0.15) is 11.8 Å². The normalized spacial score (nSPS) is 28.2. The standard InChI is InChI=1S/C22H28NO6PS/c1-4-27-30(26,28-5-2)29-19-16-13-9-12-15(16)17-18(20(19)31-3)22(25)23(21(17)24)14-10-7-6-8-11-14/h6-8,10-11,15,17-18,20H,4-5,9,12-13H2,1-3H3/t15-,17-,18-,20-/m0/s1. The lowest BCUT2D eigenvalue weighted by molar-refractivity contribution is -0.122. The van der Waals surface area contributed by atoms with Gasteiger partial charge in [-0.25, -0.2) is 9.46 Å². The first-order valence-corrected chi connectivity index (χ1v) is 13.5. The molecule has 1 aromatic carbocycles. The number of allylic oxidation sites excluding steroid dienone is 1. The SMILES string of the molecule is CCOP(=O)(OCC)OC1=C2CCC[C@@H]2[C@@H]2C(=O)N(c3ccccc3)C(=O)[C@@H]2[C@@H]1SC. The van der Waals surface area contributed by atoms with Crippen LogP contribution in [-0.2, 0) is 27.7 Å². The fraction of sp³-hybridized carbons (Fsp3) is 0.545. The molecule has 1 heterocycles. The van der Waals surface area contributed by atoms with Crippen LogP contribution >= 0.6 is 19.6 Å². The minimum atomic E-state index is -3.81. The zero-order chi connectivity index (χ0) is 22.2. The Morgan fingerprint density at radius 1 is 1.06 bits per heavy atom. The van der Waals surface area contributed by atoms with E-state index < -0.39 is 24.9 Å². The molecule has 0 N–H and O–H groups in total. The number of phosphoric acid groups is 1. The smallest absolute Gasteiger partial charge is 0.407 e. The molecule has 1 aliphatic heterocycles. The van der Waals surface area contributed by atoms with Crippen LogP contribution in [0.4, 0.5) is 5.69 Å². The molecule has 0 bridgehead atoms. The third kappa shape index (κ3) is 3.88. The highest BCUT2D eigenvalue weighted by molar-refractivity contribution is 7.99. The number of benzene rings is 1. The Bertz CT molecular complexity index is 925. The van der Waals surface area contributed by atoms with Crippen LogP contribution in [0.15, 0.2) is 41.7 Å². The third-order valence-corrected chi connectivity index (χ3v) is 8.78. The van der Waals surface area contributed by atoms with E-state index in [1.807, 2.05) is 24.5 Å². The fourth-order valence-electron chi connectivity index (χ4n) is 5.10. The van der Waals surface area contributed by atoms with Gasteiger partial charge in [0.25, 0.3) is 0 Å². The Morgan fingerprint density at radius 2 is 1.71 bits per heavy atom. The number of amides is 2. The average Bonchev–Trinajstić information content (AvgIpc) is 3.32. The van der Waals surface area contributed by atoms with Crippen LogP contribution < -0.4 is 4.90 Å². The van der Waals surface area contributed by atoms with Crippen molar-refractivity contribution in [3.05, 3.63) is 41.7 Å². The van der Waals surface area contributed by atoms with E-state index in [-0.39, 0.29) is 30.9 Å². The molecule has 2 aliphatic carbocycles. The van der Waals surface area contributed by atoms with Crippen LogP contribution in [0, 0.1) is 17.8 Å². The molecule has 1 aromatic rings. The maximum Gasteiger partial charge on any atom is 0.529 e. The van der Waals surface area contributed by atoms with Crippen LogP contribution in [-0.4, -0.2) is 36.5 Å². The highest BCUT2D eigenvalue weighted by Crippen LogP contribution is 2.59. The second-order valence-electron chi connectivity index (χ2n) is 7.82. The lowest BCUT2D eigenvalue weighted by atomic mass is 9.73. The number of carbonyl (C=O) groups excluding carboxylic acids is 2. The molecule has 2 amide bonds. The molecule has 4 atom stereocenters. The predicted molar refractivity (Wildman–Crippen MR) is 120 cm³/mol. The van der Waals surface area contributed by atoms with Gasteiger partial charge < -0.3 is 4.52 Å². The van der Waals surface area contributed by atoms with Gasteiger partial charge in [0.1, 0.15) is 5.76 Å². The lowest BCUT2D eigenvalue weighted by Crippen LogP contribution is -2.39. The molecule has 31 heavy (non-hydrogen) atoms. The van der Waals surface area contributed by atoms with Gasteiger partial charge in [0.2, 0.25) is 11.8 Å². The first-order valence-electron chi connectivity index (χ1n) is 10.7. The van der Waals surface area contributed by atoms with E-state index in [0.29, 0.717) is 11.4 Å². The number of carbonyl (C=O) groups is 2. The van der Waals surface area contributed by atoms with E-state index in [1.54, 1.807) is 26.0 Å². The topological polar surface area (TPSA) is 82.1 Å². The number of fused-ring (bicyclic) bond motifs is 3. The summed E-state index contributed by atoms with van der Waals surface area (Å²) in [6.07, 6.45) is 4.35. The molecule has 7 nitrogen and oxygen atoms in total. The number of hydrogen-bond donors (Lipinski definition) is 0. The van der Waals surface area contributed by atoms with Gasteiger partial charge in [0.05, 0.1) is 36.0 Å². The van der Waals surface area contributed by atoms with Crippen molar-refractivity contribution in [2.24, 2.45) is 17.8 Å². The predicted octanol–water partition coefficient (Wildman–Crippen LogP) is 4.79. The Balaban J connectivity index is 1.76. The van der Waals surface area contributed by atoms with E-state index in [1.165, 1.54) is 16.7 Å². The molecule has 2 fully saturated rings. The van der Waals surface area contributed by atoms with Gasteiger partial charge in [0.15, 0.2) is 0 Å². The Morgan fingerprint density at radius 3 is 2.32 bits per heavy atom. The van der Waals surface area contributed by atoms with Crippen molar-refractivity contribution in [1.82, 2.24) is 0 Å². The molecule has 1 saturated carbocycles. The Hall–Kier alpha value is -1.60. The zero-order valence-electron chi connectivity index (χ0n) is 18.0. The summed E-state index contributed by atoms with van der Waals surface area (Å²) in [6.45, 7) is 3.81. The largest absolute Gasteiger partial charge is 0.529 e. The Kier molecular flexibility index (Phi) is 6.63. The second kappa shape index (κ2) is 9.10. The number of phosphoric ester groups is 1. The summed E-state index contributed by atoms with van der Waals surface area (Å²) >= 11 is 1.44. The van der Waals surface area contributed by atoms with Crippen molar-refractivity contribution in [3.63, 3.8) is 0 Å². The summed E-state index contributed by atoms with van der Waals surface area (Å²) in [5.74, 6) is -0.950. The van der Waals surface area contributed by atoms with E-state index in [9.17, 15) is 14.2 Å². The third-order valence-electron chi connectivity index (χ3n) is 6.19. The molecule has 0 aromatic heterocycles. The van der Waals surface area contributed by atoms with Crippen molar-refractivity contribution in [1.29, 1.82) is 0 Å². The molecule has 0 unspecified atom stereocenters. The first kappa shape index (κ1) is 22.6. The summed E-state index contributed by atoms with van der Waals surface area (Å²) in [6, 6.07) is 9.05. The number of nitrogens with zero attached hydrogens (tertiary/aromatic N) is 1. The summed E-state index contributed by atoms with van der Waals surface area (Å²) in [7, 11) is -3.81. The summed E-state index contributed by atoms with van der Waals surface area (Å²) in [5.41, 5.74) is 1.57. The van der Waals surface area contributed by atoms with Gasteiger partial charge in [0, 0.05) is 0 Å². The van der Waals surface area contributed by atoms with Gasteiger partial charge >= 0.3 is 7.82 Å². The fourth-order valence-corrected chi connectivity index (χ4v) is 7.44. The molecule has 0 spiro atoms. The van der Waals surface area contributed by atoms with E-state index in [2.05, 4.69) is 0 Å². The van der Waals surface area contributed by atoms with Crippen molar-refractivity contribution in [2.45, 2.75) is 38.4 Å². The minimum absolute atomic E-state index is 0.0923. The van der Waals surface area contributed by atoms with E-state index >= 15 is 0 Å². The number of hydrogen-bond acceptors (Lipinski definition) is 7. The van der Waals surface area contributed by atoms with Crippen LogP contribution in [0.1, 0.15) is 33.1 Å². The van der Waals surface area contributed by atoms with Crippen LogP contribution in [0.5, 0.6) is 0 Å². The monoisotopic (exact) mass is 465 g/mol. The highest BCUT2D eigenvalue weighted by atomic mass is 32.2. The van der Waals surface area contributed by atoms with Gasteiger partial charge in [-0.3, -0.25) is 18.6 Å². The van der Waals surface area contributed by atoms with Crippen LogP contribution in [0.3, 0.4) is 0 Å². The molecule has 9 heteroatoms. The van der Waals surface area contributed by atoms with Crippen molar-refractivity contribution in [2.75, 3.05) is 24.4 Å². The van der Waals surface area contributed by atoms with Crippen molar-refractivity contribution in [3.8, 4) is 0 Å². The molecule has 0 radical (unpaired) electrons. The maximum atomic E-state index is 13.6. The first-order chi connectivity index (χ1) is 15.0. The van der Waals surface area contributed by atoms with Crippen LogP contribution in [0.2, 0.25) is 0 Å². The molecule has 3 aliphatic rings. The molecule has 1 saturated heterocycles. The summed E-state index contributed by atoms with van der Waals surface area (Å²) in [4.78, 5) is 28.4. The number of rotatable bonds is 8. The number of anilines is 1. The molecule has 168 valence electrons. The lowest BCUT2D eigenvalue weighted by Gasteiger charge is -2.37. The Labute approximate surface area is 187 Å². The summed E-state index contributed by atoms with van der Waals surface area (Å²) < 4.78 is 29.9. The van der Waals surface area contributed by atoms with Gasteiger partial charge in [-0.1, -0.05) is 18.2 Å². The van der Waals surface area contributed by atoms with Gasteiger partial charge in [-0.05, 0) is 63.0 Å². The van der Waals surface area contributed by atoms with Gasteiger partial charge in [-0.15, -0.1) is 0 Å². The van der Waals surface area contributed by atoms with E-state index in [0.717, 1.165) is 24.8 Å². The number of thioether (sulfide) groups is 1. The maximum absolute atomic E-state index is 13.6. The minimum Gasteiger partial charge on any atom is -0.407 e. The number of imide groups is 1. The quantitative estimate of drug-likeness (QED) is 0.403. The van der Waals surface area contributed by atoms with E-state index in [4.69, 9.17) is 13.6 Å². The van der Waals surface area contributed by atoms with Crippen molar-refractivity contribution >= 4 is 37.1 Å². The van der Waals surface area contributed by atoms with Crippen LogP contribution in [0.25, 0.3) is 0 Å². The zero-order valence-corrected chi connectivity index (χ0v) is 19.7. The summed E-state index contributed by atoms with van der Waals surface area (Å²) in [5, 5.41) is -0.422. The molecule has 4 rings (SSSR count). The average molecular weight is 466 g/mol. The van der Waals surface area contributed by atoms with Crippen molar-refractivity contribution < 1.29 is 27.7 Å². The molecular formula is C22H28NO6PS.